The van der Waals surface area contributed by atoms with Crippen LogP contribution in [0.4, 0.5) is 30.6 Å². The van der Waals surface area contributed by atoms with E-state index in [-0.39, 0.29) is 63.9 Å². The summed E-state index contributed by atoms with van der Waals surface area (Å²) in [5.41, 5.74) is 9.31. The molecule has 15 rings (SSSR count). The van der Waals surface area contributed by atoms with Crippen LogP contribution in [0.25, 0.3) is 0 Å². The Labute approximate surface area is 667 Å². The van der Waals surface area contributed by atoms with E-state index >= 15 is 0 Å². The van der Waals surface area contributed by atoms with Gasteiger partial charge in [-0.3, -0.25) is 29.1 Å². The summed E-state index contributed by atoms with van der Waals surface area (Å²) in [7, 11) is 3.44. The van der Waals surface area contributed by atoms with Crippen molar-refractivity contribution in [3.63, 3.8) is 0 Å². The third-order valence-electron chi connectivity index (χ3n) is 24.3. The molecule has 0 radical (unpaired) electrons. The molecule has 6 aliphatic heterocycles. The number of nitrogens with one attached hydrogen (secondary N) is 3. The molecule has 3 N–H and O–H groups in total. The first kappa shape index (κ1) is 83.1. The maximum absolute atomic E-state index is 14.3. The summed E-state index contributed by atoms with van der Waals surface area (Å²) in [6, 6.07) is 20.8. The van der Waals surface area contributed by atoms with Gasteiger partial charge in [-0.25, -0.2) is 28.1 Å². The minimum absolute atomic E-state index is 0.00815. The van der Waals surface area contributed by atoms with Gasteiger partial charge >= 0.3 is 0 Å². The Bertz CT molecular complexity index is 4000. The number of aryl methyl sites for hydroxylation is 4. The molecule has 612 valence electrons. The van der Waals surface area contributed by atoms with E-state index < -0.39 is 18.1 Å². The number of halogens is 3. The van der Waals surface area contributed by atoms with Gasteiger partial charge < -0.3 is 49.1 Å². The van der Waals surface area contributed by atoms with Crippen LogP contribution in [0.5, 0.6) is 28.7 Å². The number of carbonyl (C=O) groups is 3. The molecular weight excluding hydrogens is 1440 g/mol. The van der Waals surface area contributed by atoms with E-state index in [1.165, 1.54) is 84.5 Å². The average molecular weight is 1560 g/mol. The molecule has 3 aromatic heterocycles. The molecule has 3 aromatic carbocycles. The Morgan fingerprint density at radius 3 is 1.38 bits per heavy atom. The SMILES string of the molecule is CC(=O)C(c1cc(F)ccc1OC1CC1)N1CC[C@@H](CCCCCc2ccc3c(n2)NCCC3)C1.COc1cc(CCCCO[C@@H]2CCN([C@@H](C(C)=O)c3cc(F)ccc3OCC3(C)CC3)C2)nc2c1CCCN2.COc1cc(CCCCO[C@@H]2CCN([C@H](C(C)=O)c3cc(F)ccc3OCC3(C)CC3)C2)nc2c1CCCN2. The quantitative estimate of drug-likeness (QED) is 0.0311. The number of pyridine rings is 3. The van der Waals surface area contributed by atoms with Crippen molar-refractivity contribution in [3.05, 3.63) is 147 Å². The summed E-state index contributed by atoms with van der Waals surface area (Å²) in [6.45, 7) is 19.1. The standard InChI is InChI=1S/2C31H42FN3O4.C29H38FN3O2/c2*1-21(36)29(26-17-22(32)9-10-27(26)39-20-31(2)12-13-31)35-15-11-24(19-35)38-16-5-4-7-23-18-28(37-3)25-8-6-14-33-30(25)34-23;1-20(34)28(26-18-23(30)10-14-27(26)35-25-12-13-25)33-17-15-21(19-33)6-3-2-4-8-24-11-9-22-7-5-16-31-29(22)32-24/h2*9-10,17-18,24,29H,4-8,11-16,19-20H2,1-3H3,(H,33,34);9-11,14,18,21,25,28H,2-8,12-13,15-17,19H2,1H3,(H,31,32)/t24-,29+;24-,29-;21-,28?/m111/s1. The van der Waals surface area contributed by atoms with Gasteiger partial charge in [-0.05, 0) is 254 Å². The fraction of sp³-hybridized carbons (Fsp3) is 0.604. The van der Waals surface area contributed by atoms with Gasteiger partial charge in [0.1, 0.15) is 63.7 Å². The number of likely N-dealkylation sites (tertiary alicyclic amines) is 3. The van der Waals surface area contributed by atoms with Gasteiger partial charge in [0.25, 0.3) is 0 Å². The molecule has 9 heterocycles. The summed E-state index contributed by atoms with van der Waals surface area (Å²) >= 11 is 0. The highest BCUT2D eigenvalue weighted by atomic mass is 19.1. The minimum Gasteiger partial charge on any atom is -0.496 e. The Kier molecular flexibility index (Phi) is 28.8. The zero-order chi connectivity index (χ0) is 79.0. The second kappa shape index (κ2) is 39.2. The molecule has 0 amide bonds. The molecular formula is C91H122F3N9O10. The first-order valence-corrected chi connectivity index (χ1v) is 42.4. The number of methoxy groups -OCH3 is 2. The normalized spacial score (nSPS) is 20.7. The second-order valence-corrected chi connectivity index (χ2v) is 34.0. The molecule has 9 aliphatic rings. The molecule has 3 saturated heterocycles. The van der Waals surface area contributed by atoms with Crippen LogP contribution in [0.2, 0.25) is 0 Å². The maximum Gasteiger partial charge on any atom is 0.151 e. The topological polar surface area (TPSA) is 200 Å². The molecule has 6 atom stereocenters. The highest BCUT2D eigenvalue weighted by Crippen LogP contribution is 2.48. The van der Waals surface area contributed by atoms with Crippen molar-refractivity contribution >= 4 is 34.8 Å². The number of anilines is 3. The number of Topliss-reactive ketones (excluding diaryl/α,β-unsaturated/α-hetero) is 3. The van der Waals surface area contributed by atoms with Crippen molar-refractivity contribution < 1.29 is 60.7 Å². The van der Waals surface area contributed by atoms with Crippen LogP contribution in [0.15, 0.2) is 78.9 Å². The van der Waals surface area contributed by atoms with Gasteiger partial charge in [0, 0.05) is 133 Å². The molecule has 3 saturated carbocycles. The van der Waals surface area contributed by atoms with E-state index in [0.717, 1.165) is 227 Å². The average Bonchev–Trinajstić information content (AvgIpc) is 1.68. The third-order valence-corrected chi connectivity index (χ3v) is 24.3. The van der Waals surface area contributed by atoms with Crippen LogP contribution < -0.4 is 39.6 Å². The Balaban J connectivity index is 0.000000148. The predicted octanol–water partition coefficient (Wildman–Crippen LogP) is 16.9. The van der Waals surface area contributed by atoms with Crippen LogP contribution >= 0.6 is 0 Å². The summed E-state index contributed by atoms with van der Waals surface area (Å²) in [6.07, 6.45) is 27.6. The van der Waals surface area contributed by atoms with E-state index in [2.05, 4.69) is 68.8 Å². The van der Waals surface area contributed by atoms with E-state index in [1.54, 1.807) is 53.2 Å². The number of ether oxygens (including phenoxy) is 7. The van der Waals surface area contributed by atoms with Crippen molar-refractivity contribution in [3.8, 4) is 28.7 Å². The lowest BCUT2D eigenvalue weighted by molar-refractivity contribution is -0.123. The number of carbonyl (C=O) groups excluding carboxylic acids is 3. The zero-order valence-corrected chi connectivity index (χ0v) is 68.0. The number of fused-ring (bicyclic) bond motifs is 3. The van der Waals surface area contributed by atoms with Gasteiger partial charge in [-0.2, -0.15) is 0 Å². The monoisotopic (exact) mass is 1560 g/mol. The predicted molar refractivity (Wildman–Crippen MR) is 435 cm³/mol. The van der Waals surface area contributed by atoms with Crippen molar-refractivity contribution in [2.75, 3.05) is 116 Å². The lowest BCUT2D eigenvalue weighted by Gasteiger charge is -2.28. The van der Waals surface area contributed by atoms with Gasteiger partial charge in [0.05, 0.1) is 63.9 Å². The van der Waals surface area contributed by atoms with Crippen molar-refractivity contribution in [1.29, 1.82) is 0 Å². The van der Waals surface area contributed by atoms with Crippen LogP contribution in [-0.4, -0.2) is 165 Å². The Hall–Kier alpha value is -7.89. The van der Waals surface area contributed by atoms with E-state index in [0.29, 0.717) is 79.4 Å². The van der Waals surface area contributed by atoms with Crippen LogP contribution in [0.3, 0.4) is 0 Å². The number of hydrogen-bond acceptors (Lipinski definition) is 19. The molecule has 1 unspecified atom stereocenters. The smallest absolute Gasteiger partial charge is 0.151 e. The van der Waals surface area contributed by atoms with Crippen LogP contribution in [0.1, 0.15) is 232 Å². The number of aromatic nitrogens is 3. The molecule has 19 nitrogen and oxygen atoms in total. The van der Waals surface area contributed by atoms with E-state index in [9.17, 15) is 27.6 Å². The molecule has 0 bridgehead atoms. The summed E-state index contributed by atoms with van der Waals surface area (Å²) in [5, 5.41) is 10.2. The second-order valence-electron chi connectivity index (χ2n) is 34.0. The number of ketones is 3. The van der Waals surface area contributed by atoms with E-state index in [4.69, 9.17) is 48.1 Å². The van der Waals surface area contributed by atoms with Gasteiger partial charge in [0.15, 0.2) is 17.3 Å². The number of rotatable bonds is 37. The Morgan fingerprint density at radius 1 is 0.469 bits per heavy atom. The first-order valence-electron chi connectivity index (χ1n) is 42.4. The minimum atomic E-state index is -0.532. The number of nitrogens with zero attached hydrogens (tertiary/aromatic N) is 6. The zero-order valence-electron chi connectivity index (χ0n) is 68.0. The lowest BCUT2D eigenvalue weighted by atomic mass is 9.98. The van der Waals surface area contributed by atoms with Crippen LogP contribution in [-0.2, 0) is 62.4 Å². The summed E-state index contributed by atoms with van der Waals surface area (Å²) in [4.78, 5) is 59.2. The third kappa shape index (κ3) is 23.0. The molecule has 113 heavy (non-hydrogen) atoms. The number of benzene rings is 3. The fourth-order valence-corrected chi connectivity index (χ4v) is 17.0. The summed E-state index contributed by atoms with van der Waals surface area (Å²) in [5.74, 6) is 6.38. The maximum atomic E-state index is 14.3. The van der Waals surface area contributed by atoms with Gasteiger partial charge in [-0.1, -0.05) is 32.8 Å². The highest BCUT2D eigenvalue weighted by Gasteiger charge is 2.42. The van der Waals surface area contributed by atoms with Crippen molar-refractivity contribution in [2.45, 2.75) is 238 Å². The van der Waals surface area contributed by atoms with Gasteiger partial charge in [-0.15, -0.1) is 0 Å². The fourth-order valence-electron chi connectivity index (χ4n) is 17.0. The van der Waals surface area contributed by atoms with Crippen LogP contribution in [0, 0.1) is 34.2 Å². The van der Waals surface area contributed by atoms with Gasteiger partial charge in [0.2, 0.25) is 0 Å². The Morgan fingerprint density at radius 2 is 0.903 bits per heavy atom. The molecule has 0 spiro atoms. The molecule has 22 heteroatoms. The number of hydrogen-bond donors (Lipinski definition) is 3. The van der Waals surface area contributed by atoms with Crippen molar-refractivity contribution in [2.24, 2.45) is 16.7 Å². The molecule has 3 aliphatic carbocycles. The van der Waals surface area contributed by atoms with Crippen molar-refractivity contribution in [1.82, 2.24) is 29.7 Å². The molecule has 6 fully saturated rings. The first-order chi connectivity index (χ1) is 54.8. The lowest BCUT2D eigenvalue weighted by Crippen LogP contribution is -2.33. The number of unbranched alkanes of at least 4 members (excludes halogenated alkanes) is 4. The largest absolute Gasteiger partial charge is 0.496 e. The highest BCUT2D eigenvalue weighted by molar-refractivity contribution is 5.85. The molecule has 6 aromatic rings. The van der Waals surface area contributed by atoms with E-state index in [1.807, 2.05) is 0 Å². The summed E-state index contributed by atoms with van der Waals surface area (Å²) < 4.78 is 84.6.